The van der Waals surface area contributed by atoms with Crippen LogP contribution in [0.15, 0.2) is 53.8 Å². The molecule has 0 bridgehead atoms. The Morgan fingerprint density at radius 3 is 2.73 bits per heavy atom. The van der Waals surface area contributed by atoms with Crippen LogP contribution in [0.2, 0.25) is 0 Å². The number of nitrogens with one attached hydrogen (secondary N) is 1. The smallest absolute Gasteiger partial charge is 0.231 e. The number of carbonyl (C=O) groups excluding carboxylic acids is 1. The number of hydrogen-bond donors (Lipinski definition) is 1. The second-order valence-electron chi connectivity index (χ2n) is 5.68. The quantitative estimate of drug-likeness (QED) is 0.675. The Kier molecular flexibility index (Phi) is 5.62. The first-order valence-corrected chi connectivity index (χ1v) is 9.02. The summed E-state index contributed by atoms with van der Waals surface area (Å²) in [6, 6.07) is 11.8. The van der Waals surface area contributed by atoms with E-state index in [1.54, 1.807) is 36.0 Å². The van der Waals surface area contributed by atoms with Crippen LogP contribution >= 0.6 is 11.8 Å². The van der Waals surface area contributed by atoms with Gasteiger partial charge in [-0.15, -0.1) is 10.2 Å². The Balaban J connectivity index is 1.62. The number of nitrogens with zero attached hydrogens (tertiary/aromatic N) is 4. The number of carbonyl (C=O) groups is 1. The van der Waals surface area contributed by atoms with Gasteiger partial charge in [0.25, 0.3) is 0 Å². The third-order valence-corrected chi connectivity index (χ3v) is 4.81. The number of aromatic nitrogens is 4. The molecule has 6 nitrogen and oxygen atoms in total. The molecule has 1 N–H and O–H groups in total. The highest BCUT2D eigenvalue weighted by Crippen LogP contribution is 2.24. The summed E-state index contributed by atoms with van der Waals surface area (Å²) >= 11 is 1.25. The highest BCUT2D eigenvalue weighted by molar-refractivity contribution is 7.99. The van der Waals surface area contributed by atoms with Crippen molar-refractivity contribution in [2.45, 2.75) is 18.1 Å². The molecule has 26 heavy (non-hydrogen) atoms. The predicted octanol–water partition coefficient (Wildman–Crippen LogP) is 2.99. The van der Waals surface area contributed by atoms with E-state index in [0.29, 0.717) is 16.5 Å². The maximum absolute atomic E-state index is 13.9. The zero-order chi connectivity index (χ0) is 18.5. The first-order valence-electron chi connectivity index (χ1n) is 8.03. The summed E-state index contributed by atoms with van der Waals surface area (Å²) in [6.07, 6.45) is 1.69. The molecular formula is C18H18FN5OS. The molecule has 0 aliphatic carbocycles. The van der Waals surface area contributed by atoms with Crippen molar-refractivity contribution in [2.24, 2.45) is 7.05 Å². The molecule has 2 aromatic heterocycles. The Morgan fingerprint density at radius 2 is 2.00 bits per heavy atom. The summed E-state index contributed by atoms with van der Waals surface area (Å²) in [5.41, 5.74) is 1.17. The van der Waals surface area contributed by atoms with Gasteiger partial charge in [0.2, 0.25) is 5.91 Å². The van der Waals surface area contributed by atoms with E-state index in [9.17, 15) is 9.18 Å². The second-order valence-corrected chi connectivity index (χ2v) is 6.62. The second kappa shape index (κ2) is 8.09. The van der Waals surface area contributed by atoms with Crippen LogP contribution in [0.1, 0.15) is 18.7 Å². The van der Waals surface area contributed by atoms with Crippen LogP contribution in [0.4, 0.5) is 4.39 Å². The largest absolute Gasteiger partial charge is 0.347 e. The number of benzene rings is 1. The summed E-state index contributed by atoms with van der Waals surface area (Å²) in [4.78, 5) is 16.4. The summed E-state index contributed by atoms with van der Waals surface area (Å²) in [5, 5.41) is 11.5. The third-order valence-electron chi connectivity index (χ3n) is 3.79. The molecule has 0 saturated carbocycles. The van der Waals surface area contributed by atoms with Gasteiger partial charge in [0.1, 0.15) is 5.82 Å². The molecule has 2 heterocycles. The van der Waals surface area contributed by atoms with Gasteiger partial charge in [0.05, 0.1) is 23.1 Å². The topological polar surface area (TPSA) is 72.7 Å². The van der Waals surface area contributed by atoms with Crippen LogP contribution in [0.25, 0.3) is 11.4 Å². The van der Waals surface area contributed by atoms with Crippen molar-refractivity contribution < 1.29 is 9.18 Å². The van der Waals surface area contributed by atoms with Crippen LogP contribution in [-0.2, 0) is 11.8 Å². The van der Waals surface area contributed by atoms with Gasteiger partial charge in [0, 0.05) is 13.2 Å². The minimum absolute atomic E-state index is 0.136. The Morgan fingerprint density at radius 1 is 1.23 bits per heavy atom. The van der Waals surface area contributed by atoms with Gasteiger partial charge in [-0.2, -0.15) is 0 Å². The minimum Gasteiger partial charge on any atom is -0.347 e. The number of amides is 1. The molecule has 0 saturated heterocycles. The summed E-state index contributed by atoms with van der Waals surface area (Å²) < 4.78 is 15.6. The van der Waals surface area contributed by atoms with Gasteiger partial charge < -0.3 is 9.88 Å². The molecule has 1 amide bonds. The molecule has 0 fully saturated rings. The standard InChI is InChI=1S/C18H18FN5OS/c1-12(15-9-5-6-10-20-15)21-16(25)11-26-18-23-22-17(24(18)2)13-7-3-4-8-14(13)19/h3-10,12H,11H2,1-2H3,(H,21,25)/t12-/m0/s1. The first-order chi connectivity index (χ1) is 12.6. The van der Waals surface area contributed by atoms with Crippen molar-refractivity contribution in [1.29, 1.82) is 0 Å². The molecule has 0 radical (unpaired) electrons. The zero-order valence-electron chi connectivity index (χ0n) is 14.4. The zero-order valence-corrected chi connectivity index (χ0v) is 15.2. The number of thioether (sulfide) groups is 1. The third kappa shape index (κ3) is 4.08. The van der Waals surface area contributed by atoms with E-state index < -0.39 is 0 Å². The summed E-state index contributed by atoms with van der Waals surface area (Å²) in [7, 11) is 1.75. The van der Waals surface area contributed by atoms with Gasteiger partial charge >= 0.3 is 0 Å². The lowest BCUT2D eigenvalue weighted by molar-refractivity contribution is -0.119. The maximum atomic E-state index is 13.9. The van der Waals surface area contributed by atoms with Crippen LogP contribution < -0.4 is 5.32 Å². The fourth-order valence-corrected chi connectivity index (χ4v) is 3.16. The molecule has 0 aliphatic rings. The van der Waals surface area contributed by atoms with Crippen LogP contribution in [0, 0.1) is 5.82 Å². The van der Waals surface area contributed by atoms with Gasteiger partial charge in [-0.25, -0.2) is 4.39 Å². The van der Waals surface area contributed by atoms with Crippen molar-refractivity contribution in [3.05, 3.63) is 60.2 Å². The van der Waals surface area contributed by atoms with E-state index in [-0.39, 0.29) is 23.5 Å². The molecule has 134 valence electrons. The van der Waals surface area contributed by atoms with Gasteiger partial charge in [-0.05, 0) is 31.2 Å². The lowest BCUT2D eigenvalue weighted by Crippen LogP contribution is -2.28. The van der Waals surface area contributed by atoms with E-state index in [1.165, 1.54) is 17.8 Å². The number of hydrogen-bond acceptors (Lipinski definition) is 5. The fraction of sp³-hybridized carbons (Fsp3) is 0.222. The van der Waals surface area contributed by atoms with Crippen molar-refractivity contribution in [1.82, 2.24) is 25.1 Å². The Bertz CT molecular complexity index is 900. The van der Waals surface area contributed by atoms with E-state index in [4.69, 9.17) is 0 Å². The van der Waals surface area contributed by atoms with Gasteiger partial charge in [-0.3, -0.25) is 9.78 Å². The van der Waals surface area contributed by atoms with Crippen molar-refractivity contribution in [2.75, 3.05) is 5.75 Å². The van der Waals surface area contributed by atoms with Crippen LogP contribution in [0.3, 0.4) is 0 Å². The lowest BCUT2D eigenvalue weighted by Gasteiger charge is -2.12. The molecular weight excluding hydrogens is 353 g/mol. The predicted molar refractivity (Wildman–Crippen MR) is 97.9 cm³/mol. The van der Waals surface area contributed by atoms with Gasteiger partial charge in [-0.1, -0.05) is 30.0 Å². The molecule has 0 unspecified atom stereocenters. The SMILES string of the molecule is C[C@H](NC(=O)CSc1nnc(-c2ccccc2F)n1C)c1ccccn1. The first kappa shape index (κ1) is 18.1. The highest BCUT2D eigenvalue weighted by atomic mass is 32.2. The van der Waals surface area contributed by atoms with E-state index in [2.05, 4.69) is 20.5 Å². The number of rotatable bonds is 6. The molecule has 0 spiro atoms. The van der Waals surface area contributed by atoms with E-state index in [0.717, 1.165) is 5.69 Å². The lowest BCUT2D eigenvalue weighted by atomic mass is 10.2. The minimum atomic E-state index is -0.360. The Labute approximate surface area is 154 Å². The highest BCUT2D eigenvalue weighted by Gasteiger charge is 2.16. The average molecular weight is 371 g/mol. The van der Waals surface area contributed by atoms with Crippen molar-refractivity contribution in [3.63, 3.8) is 0 Å². The van der Waals surface area contributed by atoms with Crippen molar-refractivity contribution >= 4 is 17.7 Å². The Hall–Kier alpha value is -2.74. The monoisotopic (exact) mass is 371 g/mol. The van der Waals surface area contributed by atoms with Crippen LogP contribution in [-0.4, -0.2) is 31.4 Å². The van der Waals surface area contributed by atoms with E-state index in [1.807, 2.05) is 25.1 Å². The normalized spacial score (nSPS) is 12.0. The van der Waals surface area contributed by atoms with Gasteiger partial charge in [0.15, 0.2) is 11.0 Å². The molecule has 1 aromatic carbocycles. The summed E-state index contributed by atoms with van der Waals surface area (Å²) in [6.45, 7) is 1.88. The van der Waals surface area contributed by atoms with Crippen LogP contribution in [0.5, 0.6) is 0 Å². The average Bonchev–Trinajstić information content (AvgIpc) is 3.01. The molecule has 1 atom stereocenters. The van der Waals surface area contributed by atoms with E-state index >= 15 is 0 Å². The fourth-order valence-electron chi connectivity index (χ4n) is 2.44. The molecule has 0 aliphatic heterocycles. The number of halogens is 1. The molecule has 3 rings (SSSR count). The molecule has 3 aromatic rings. The summed E-state index contributed by atoms with van der Waals surface area (Å²) in [5.74, 6) is 0.110. The van der Waals surface area contributed by atoms with Crippen molar-refractivity contribution in [3.8, 4) is 11.4 Å². The molecule has 8 heteroatoms. The maximum Gasteiger partial charge on any atom is 0.231 e. The number of pyridine rings is 1.